The topological polar surface area (TPSA) is 168 Å². The van der Waals surface area contributed by atoms with Crippen LogP contribution in [0.4, 0.5) is 9.59 Å². The molecule has 7 aromatic rings. The highest BCUT2D eigenvalue weighted by Crippen LogP contribution is 2.37. The van der Waals surface area contributed by atoms with Gasteiger partial charge in [-0.2, -0.15) is 0 Å². The summed E-state index contributed by atoms with van der Waals surface area (Å²) < 4.78 is 10.3. The normalized spacial score (nSPS) is 11.7. The fraction of sp³-hybridized carbons (Fsp3) is 0.179. The van der Waals surface area contributed by atoms with Crippen LogP contribution in [0.15, 0.2) is 85.1 Å². The molecule has 0 saturated carbocycles. The van der Waals surface area contributed by atoms with E-state index in [1.54, 1.807) is 17.5 Å². The van der Waals surface area contributed by atoms with Crippen molar-refractivity contribution >= 4 is 94.8 Å². The van der Waals surface area contributed by atoms with Crippen LogP contribution < -0.4 is 21.8 Å². The number of rotatable bonds is 14. The molecule has 2 atom stereocenters. The molecular weight excluding hydrogens is 742 g/mol. The lowest BCUT2D eigenvalue weighted by Gasteiger charge is -2.06. The molecule has 3 heterocycles. The van der Waals surface area contributed by atoms with E-state index < -0.39 is 12.2 Å². The summed E-state index contributed by atoms with van der Waals surface area (Å²) in [5, 5.41) is 8.49. The van der Waals surface area contributed by atoms with Crippen molar-refractivity contribution in [3.8, 4) is 32.8 Å². The van der Waals surface area contributed by atoms with E-state index in [1.807, 2.05) is 6.07 Å². The number of amides is 2. The highest BCUT2D eigenvalue weighted by atomic mass is 32.1. The summed E-state index contributed by atoms with van der Waals surface area (Å²) in [5.74, 6) is 0. The van der Waals surface area contributed by atoms with Gasteiger partial charge in [0.25, 0.3) is 0 Å². The zero-order valence-corrected chi connectivity index (χ0v) is 32.2. The zero-order chi connectivity index (χ0) is 37.6. The second-order valence-electron chi connectivity index (χ2n) is 12.4. The lowest BCUT2D eigenvalue weighted by Crippen LogP contribution is -2.25. The van der Waals surface area contributed by atoms with Gasteiger partial charge in [0.15, 0.2) is 11.0 Å². The van der Waals surface area contributed by atoms with E-state index >= 15 is 0 Å². The van der Waals surface area contributed by atoms with Crippen molar-refractivity contribution < 1.29 is 28.7 Å². The van der Waals surface area contributed by atoms with Crippen LogP contribution in [-0.4, -0.2) is 70.5 Å². The lowest BCUT2D eigenvalue weighted by atomic mass is 9.99. The Hall–Kier alpha value is -5.48. The van der Waals surface area contributed by atoms with Gasteiger partial charge in [0, 0.05) is 58.2 Å². The molecule has 7 rings (SSSR count). The summed E-state index contributed by atoms with van der Waals surface area (Å²) in [6, 6.07) is 27.6. The largest absolute Gasteiger partial charge is 0.453 e. The van der Waals surface area contributed by atoms with Crippen molar-refractivity contribution in [1.82, 2.24) is 30.6 Å². The first-order chi connectivity index (χ1) is 26.2. The van der Waals surface area contributed by atoms with E-state index in [2.05, 4.69) is 113 Å². The Morgan fingerprint density at radius 2 is 1.33 bits per heavy atom. The molecule has 0 aliphatic heterocycles. The van der Waals surface area contributed by atoms with E-state index in [1.165, 1.54) is 24.3 Å². The number of ether oxygens (including phenoxy) is 2. The number of hydrogen-bond acceptors (Lipinski definition) is 9. The molecule has 15 heteroatoms. The predicted molar refractivity (Wildman–Crippen MR) is 218 cm³/mol. The summed E-state index contributed by atoms with van der Waals surface area (Å²) in [4.78, 5) is 64.0. The smallest absolute Gasteiger partial charge is 0.406 e. The van der Waals surface area contributed by atoms with Gasteiger partial charge in [0.05, 0.1) is 37.1 Å². The number of thiophene rings is 1. The number of aromatic amines is 2. The quantitative estimate of drug-likeness (QED) is 0.0664. The van der Waals surface area contributed by atoms with Crippen LogP contribution in [0.1, 0.15) is 19.3 Å². The molecule has 12 nitrogen and oxygen atoms in total. The first-order valence-electron chi connectivity index (χ1n) is 17.1. The highest BCUT2D eigenvalue weighted by molar-refractivity contribution is 7.65. The predicted octanol–water partition coefficient (Wildman–Crippen LogP) is 7.20. The molecule has 2 unspecified atom stereocenters. The first kappa shape index (κ1) is 36.9. The molecule has 0 spiro atoms. The summed E-state index contributed by atoms with van der Waals surface area (Å²) in [7, 11) is 2.38. The molecule has 3 aromatic heterocycles. The summed E-state index contributed by atoms with van der Waals surface area (Å²) in [6.45, 7) is 0.609. The number of fused-ring (bicyclic) bond motifs is 3. The second-order valence-corrected chi connectivity index (χ2v) is 16.0. The van der Waals surface area contributed by atoms with Crippen LogP contribution >= 0.6 is 28.5 Å². The molecule has 274 valence electrons. The number of carbonyl (C=O) groups is 4. The first-order valence-corrected chi connectivity index (χ1v) is 19.9. The Morgan fingerprint density at radius 3 is 2.11 bits per heavy atom. The molecule has 54 heavy (non-hydrogen) atoms. The van der Waals surface area contributed by atoms with E-state index in [-0.39, 0.29) is 41.2 Å². The number of benzene rings is 4. The highest BCUT2D eigenvalue weighted by Gasteiger charge is 2.13. The van der Waals surface area contributed by atoms with Gasteiger partial charge in [-0.1, -0.05) is 42.5 Å². The van der Waals surface area contributed by atoms with Gasteiger partial charge in [-0.05, 0) is 75.7 Å². The van der Waals surface area contributed by atoms with Crippen molar-refractivity contribution in [3.05, 3.63) is 85.1 Å². The van der Waals surface area contributed by atoms with E-state index in [0.29, 0.717) is 30.5 Å². The third kappa shape index (κ3) is 8.82. The van der Waals surface area contributed by atoms with Crippen LogP contribution in [0.5, 0.6) is 0 Å². The number of methoxy groups -OCH3 is 2. The minimum atomic E-state index is -0.555. The van der Waals surface area contributed by atoms with Crippen molar-refractivity contribution in [3.63, 3.8) is 0 Å². The van der Waals surface area contributed by atoms with Gasteiger partial charge in [-0.15, -0.1) is 11.3 Å². The molecule has 0 bridgehead atoms. The van der Waals surface area contributed by atoms with Crippen LogP contribution in [0.3, 0.4) is 0 Å². The Morgan fingerprint density at radius 1 is 0.685 bits per heavy atom. The third-order valence-electron chi connectivity index (χ3n) is 8.70. The number of nitrogens with zero attached hydrogens (tertiary/aromatic N) is 2. The summed E-state index contributed by atoms with van der Waals surface area (Å²) in [5.41, 5.74) is 8.18. The van der Waals surface area contributed by atoms with Gasteiger partial charge in [-0.3, -0.25) is 9.59 Å². The SMILES string of the molecule is COC(=O)NCCCC(=O)Pc1ncc(-c2ccc3cc(-c4ccc5cc(-c6ccc7nc(PC(=O)CCNC(=O)OC)[nH]c7c6)sc5c4)ccc3c2)[nH]1. The average molecular weight is 779 g/mol. The van der Waals surface area contributed by atoms with Crippen LogP contribution in [0.2, 0.25) is 0 Å². The summed E-state index contributed by atoms with van der Waals surface area (Å²) in [6.07, 6.45) is 1.81. The van der Waals surface area contributed by atoms with Gasteiger partial charge in [-0.25, -0.2) is 19.6 Å². The fourth-order valence-corrected chi connectivity index (χ4v) is 8.83. The Bertz CT molecular complexity index is 2530. The molecule has 4 N–H and O–H groups in total. The van der Waals surface area contributed by atoms with E-state index in [0.717, 1.165) is 54.6 Å². The van der Waals surface area contributed by atoms with Crippen molar-refractivity contribution in [1.29, 1.82) is 0 Å². The molecular formula is C39H36N6O6P2S. The van der Waals surface area contributed by atoms with Crippen LogP contribution in [0, 0.1) is 0 Å². The molecule has 0 radical (unpaired) electrons. The molecule has 2 amide bonds. The van der Waals surface area contributed by atoms with Crippen LogP contribution in [-0.2, 0) is 19.1 Å². The minimum Gasteiger partial charge on any atom is -0.453 e. The van der Waals surface area contributed by atoms with Gasteiger partial charge < -0.3 is 30.1 Å². The maximum atomic E-state index is 12.4. The lowest BCUT2D eigenvalue weighted by molar-refractivity contribution is -0.112. The van der Waals surface area contributed by atoms with Crippen molar-refractivity contribution in [2.75, 3.05) is 27.3 Å². The number of imidazole rings is 2. The second kappa shape index (κ2) is 16.7. The number of H-pyrrole nitrogens is 2. The Kier molecular flexibility index (Phi) is 11.4. The maximum Gasteiger partial charge on any atom is 0.406 e. The molecule has 4 aromatic carbocycles. The standard InChI is InChI=1S/C39H36N6O6P2S/c1-50-38(48)40-14-3-4-34(46)52-36-42-21-31(45-36)26-9-7-22-16-23(5-6-24(22)17-26)25-8-10-28-20-33(54-32(28)19-25)27-11-12-29-30(18-27)44-37(43-29)53-35(47)13-15-41-39(49)51-2/h5-12,16-21,52-53H,3-4,13-15H2,1-2H3,(H,40,48)(H,41,49)(H,42,45)(H,43,44). The van der Waals surface area contributed by atoms with Gasteiger partial charge in [0.1, 0.15) is 11.1 Å². The van der Waals surface area contributed by atoms with Gasteiger partial charge in [0.2, 0.25) is 0 Å². The molecule has 0 aliphatic carbocycles. The number of hydrogen-bond donors (Lipinski definition) is 4. The van der Waals surface area contributed by atoms with E-state index in [4.69, 9.17) is 0 Å². The van der Waals surface area contributed by atoms with Crippen LogP contribution in [0.25, 0.3) is 64.7 Å². The van der Waals surface area contributed by atoms with E-state index in [9.17, 15) is 19.2 Å². The van der Waals surface area contributed by atoms with Crippen molar-refractivity contribution in [2.24, 2.45) is 0 Å². The monoisotopic (exact) mass is 778 g/mol. The maximum absolute atomic E-state index is 12.4. The van der Waals surface area contributed by atoms with Gasteiger partial charge >= 0.3 is 12.2 Å². The minimum absolute atomic E-state index is 0.00208. The van der Waals surface area contributed by atoms with Crippen molar-refractivity contribution in [2.45, 2.75) is 19.3 Å². The summed E-state index contributed by atoms with van der Waals surface area (Å²) >= 11 is 1.73. The molecule has 0 saturated heterocycles. The Balaban J connectivity index is 1.01. The number of aromatic nitrogens is 4. The number of carbonyl (C=O) groups excluding carboxylic acids is 4. The molecule has 0 aliphatic rings. The average Bonchev–Trinajstić information content (AvgIpc) is 3.93. The fourth-order valence-electron chi connectivity index (χ4n) is 5.95. The zero-order valence-electron chi connectivity index (χ0n) is 29.4. The molecule has 0 fully saturated rings. The number of nitrogens with one attached hydrogen (secondary N) is 4. The Labute approximate surface area is 317 Å². The number of alkyl carbamates (subject to hydrolysis) is 2. The third-order valence-corrected chi connectivity index (χ3v) is 11.9.